The van der Waals surface area contributed by atoms with Crippen molar-refractivity contribution in [2.24, 2.45) is 17.3 Å². The Kier molecular flexibility index (Phi) is 7.38. The fourth-order valence-corrected chi connectivity index (χ4v) is 3.45. The summed E-state index contributed by atoms with van der Waals surface area (Å²) in [4.78, 5) is 0. The Morgan fingerprint density at radius 1 is 1.21 bits per heavy atom. The van der Waals surface area contributed by atoms with Crippen molar-refractivity contribution in [1.29, 1.82) is 0 Å². The predicted octanol–water partition coefficient (Wildman–Crippen LogP) is 4.24. The van der Waals surface area contributed by atoms with Gasteiger partial charge in [0.1, 0.15) is 0 Å². The molecule has 1 N–H and O–H groups in total. The minimum atomic E-state index is 0.449. The molecule has 1 saturated heterocycles. The molecule has 0 aromatic rings. The van der Waals surface area contributed by atoms with Gasteiger partial charge in [-0.05, 0) is 55.9 Å². The van der Waals surface area contributed by atoms with Gasteiger partial charge >= 0.3 is 0 Å². The van der Waals surface area contributed by atoms with E-state index >= 15 is 0 Å². The van der Waals surface area contributed by atoms with Gasteiger partial charge in [-0.1, -0.05) is 34.6 Å². The number of nitrogens with one attached hydrogen (secondary N) is 1. The zero-order valence-corrected chi connectivity index (χ0v) is 13.8. The Balaban J connectivity index is 2.47. The fourth-order valence-electron chi connectivity index (χ4n) is 3.45. The van der Waals surface area contributed by atoms with Gasteiger partial charge in [-0.15, -0.1) is 0 Å². The first-order chi connectivity index (χ1) is 8.92. The maximum atomic E-state index is 5.51. The molecule has 0 saturated carbocycles. The molecule has 2 heteroatoms. The Hall–Kier alpha value is -0.0800. The highest BCUT2D eigenvalue weighted by molar-refractivity contribution is 4.81. The monoisotopic (exact) mass is 269 g/mol. The average molecular weight is 269 g/mol. The summed E-state index contributed by atoms with van der Waals surface area (Å²) in [7, 11) is 0. The lowest BCUT2D eigenvalue weighted by molar-refractivity contribution is 0.0495. The molecule has 1 fully saturated rings. The standard InChI is InChI=1S/C17H35NO/c1-6-9-18-16(15-7-10-19-11-8-15)12-14(2)13-17(3,4)5/h14-16,18H,6-13H2,1-5H3. The van der Waals surface area contributed by atoms with Crippen molar-refractivity contribution in [3.63, 3.8) is 0 Å². The van der Waals surface area contributed by atoms with E-state index in [9.17, 15) is 0 Å². The molecule has 2 atom stereocenters. The van der Waals surface area contributed by atoms with Crippen molar-refractivity contribution in [3.8, 4) is 0 Å². The maximum absolute atomic E-state index is 5.51. The Morgan fingerprint density at radius 2 is 1.84 bits per heavy atom. The van der Waals surface area contributed by atoms with Crippen molar-refractivity contribution < 1.29 is 4.74 Å². The van der Waals surface area contributed by atoms with Crippen LogP contribution in [0.1, 0.15) is 66.7 Å². The van der Waals surface area contributed by atoms with Crippen LogP contribution in [0.5, 0.6) is 0 Å². The third-order valence-corrected chi connectivity index (χ3v) is 4.11. The van der Waals surface area contributed by atoms with E-state index in [1.165, 1.54) is 32.1 Å². The Bertz CT molecular complexity index is 228. The highest BCUT2D eigenvalue weighted by atomic mass is 16.5. The van der Waals surface area contributed by atoms with Crippen LogP contribution in [0, 0.1) is 17.3 Å². The van der Waals surface area contributed by atoms with Gasteiger partial charge in [0.25, 0.3) is 0 Å². The summed E-state index contributed by atoms with van der Waals surface area (Å²) in [5, 5.41) is 3.80. The van der Waals surface area contributed by atoms with Gasteiger partial charge in [-0.25, -0.2) is 0 Å². The van der Waals surface area contributed by atoms with E-state index in [-0.39, 0.29) is 0 Å². The van der Waals surface area contributed by atoms with Crippen molar-refractivity contribution >= 4 is 0 Å². The van der Waals surface area contributed by atoms with Crippen LogP contribution in [0.2, 0.25) is 0 Å². The third kappa shape index (κ3) is 7.31. The highest BCUT2D eigenvalue weighted by Crippen LogP contribution is 2.30. The number of rotatable bonds is 7. The molecule has 0 aliphatic carbocycles. The lowest BCUT2D eigenvalue weighted by Crippen LogP contribution is -2.40. The van der Waals surface area contributed by atoms with Crippen LogP contribution >= 0.6 is 0 Å². The molecule has 0 bridgehead atoms. The smallest absolute Gasteiger partial charge is 0.0469 e. The maximum Gasteiger partial charge on any atom is 0.0469 e. The summed E-state index contributed by atoms with van der Waals surface area (Å²) in [6, 6.07) is 0.696. The largest absolute Gasteiger partial charge is 0.381 e. The van der Waals surface area contributed by atoms with Gasteiger partial charge in [0.15, 0.2) is 0 Å². The minimum Gasteiger partial charge on any atom is -0.381 e. The molecular formula is C17H35NO. The number of hydrogen-bond acceptors (Lipinski definition) is 2. The Labute approximate surface area is 120 Å². The van der Waals surface area contributed by atoms with E-state index in [4.69, 9.17) is 4.74 Å². The zero-order chi connectivity index (χ0) is 14.3. The summed E-state index contributed by atoms with van der Waals surface area (Å²) in [6.45, 7) is 14.8. The van der Waals surface area contributed by atoms with Crippen LogP contribution in [0.25, 0.3) is 0 Å². The molecule has 2 nitrogen and oxygen atoms in total. The fraction of sp³-hybridized carbons (Fsp3) is 1.00. The SMILES string of the molecule is CCCNC(CC(C)CC(C)(C)C)C1CCOCC1. The lowest BCUT2D eigenvalue weighted by Gasteiger charge is -2.34. The number of ether oxygens (including phenoxy) is 1. The zero-order valence-electron chi connectivity index (χ0n) is 13.8. The first-order valence-corrected chi connectivity index (χ1v) is 8.23. The van der Waals surface area contributed by atoms with Gasteiger partial charge < -0.3 is 10.1 Å². The molecule has 2 unspecified atom stereocenters. The normalized spacial score (nSPS) is 21.3. The molecule has 1 heterocycles. The van der Waals surface area contributed by atoms with E-state index < -0.39 is 0 Å². The highest BCUT2D eigenvalue weighted by Gasteiger charge is 2.26. The van der Waals surface area contributed by atoms with Gasteiger partial charge in [-0.3, -0.25) is 0 Å². The van der Waals surface area contributed by atoms with Gasteiger partial charge in [0.2, 0.25) is 0 Å². The Morgan fingerprint density at radius 3 is 2.37 bits per heavy atom. The van der Waals surface area contributed by atoms with Crippen LogP contribution in [0.4, 0.5) is 0 Å². The van der Waals surface area contributed by atoms with Crippen LogP contribution < -0.4 is 5.32 Å². The summed E-state index contributed by atoms with van der Waals surface area (Å²) >= 11 is 0. The van der Waals surface area contributed by atoms with Crippen molar-refractivity contribution in [2.75, 3.05) is 19.8 Å². The van der Waals surface area contributed by atoms with E-state index in [2.05, 4.69) is 39.9 Å². The van der Waals surface area contributed by atoms with Crippen molar-refractivity contribution in [2.45, 2.75) is 72.8 Å². The van der Waals surface area contributed by atoms with Crippen molar-refractivity contribution in [3.05, 3.63) is 0 Å². The molecule has 1 aliphatic rings. The molecule has 0 aromatic carbocycles. The van der Waals surface area contributed by atoms with Crippen LogP contribution in [-0.4, -0.2) is 25.8 Å². The second kappa shape index (κ2) is 8.26. The summed E-state index contributed by atoms with van der Waals surface area (Å²) in [6.07, 6.45) is 6.35. The molecule has 0 radical (unpaired) electrons. The van der Waals surface area contributed by atoms with E-state index in [0.29, 0.717) is 11.5 Å². The molecule has 0 amide bonds. The van der Waals surface area contributed by atoms with Crippen LogP contribution in [0.15, 0.2) is 0 Å². The summed E-state index contributed by atoms with van der Waals surface area (Å²) < 4.78 is 5.51. The van der Waals surface area contributed by atoms with E-state index in [0.717, 1.165) is 31.6 Å². The second-order valence-electron chi connectivity index (χ2n) is 7.62. The van der Waals surface area contributed by atoms with Gasteiger partial charge in [-0.2, -0.15) is 0 Å². The summed E-state index contributed by atoms with van der Waals surface area (Å²) in [5.41, 5.74) is 0.449. The van der Waals surface area contributed by atoms with Crippen LogP contribution in [-0.2, 0) is 4.74 Å². The van der Waals surface area contributed by atoms with E-state index in [1.807, 2.05) is 0 Å². The first-order valence-electron chi connectivity index (χ1n) is 8.23. The topological polar surface area (TPSA) is 21.3 Å². The average Bonchev–Trinajstić information content (AvgIpc) is 2.33. The summed E-state index contributed by atoms with van der Waals surface area (Å²) in [5.74, 6) is 1.62. The van der Waals surface area contributed by atoms with Crippen LogP contribution in [0.3, 0.4) is 0 Å². The molecule has 114 valence electrons. The number of hydrogen-bond donors (Lipinski definition) is 1. The minimum absolute atomic E-state index is 0.449. The first kappa shape index (κ1) is 17.0. The van der Waals surface area contributed by atoms with Gasteiger partial charge in [0.05, 0.1) is 0 Å². The lowest BCUT2D eigenvalue weighted by atomic mass is 9.79. The molecule has 19 heavy (non-hydrogen) atoms. The van der Waals surface area contributed by atoms with Gasteiger partial charge in [0, 0.05) is 19.3 Å². The molecule has 0 aromatic heterocycles. The molecule has 1 rings (SSSR count). The van der Waals surface area contributed by atoms with Crippen molar-refractivity contribution in [1.82, 2.24) is 5.32 Å². The predicted molar refractivity (Wildman–Crippen MR) is 83.5 cm³/mol. The third-order valence-electron chi connectivity index (χ3n) is 4.11. The molecular weight excluding hydrogens is 234 g/mol. The molecule has 0 spiro atoms. The molecule has 1 aliphatic heterocycles. The van der Waals surface area contributed by atoms with E-state index in [1.54, 1.807) is 0 Å². The second-order valence-corrected chi connectivity index (χ2v) is 7.62. The quantitative estimate of drug-likeness (QED) is 0.746.